The maximum atomic E-state index is 12.7. The van der Waals surface area contributed by atoms with Gasteiger partial charge in [-0.25, -0.2) is 4.98 Å². The first-order valence-corrected chi connectivity index (χ1v) is 9.13. The predicted molar refractivity (Wildman–Crippen MR) is 104 cm³/mol. The van der Waals surface area contributed by atoms with Gasteiger partial charge in [-0.2, -0.15) is 0 Å². The van der Waals surface area contributed by atoms with E-state index in [1.54, 1.807) is 0 Å². The number of hydrogen-bond donors (Lipinski definition) is 1. The standard InChI is InChI=1S/C22H19N3O2/c1-14-4-5-16(12-19(14)25-10-2-3-11-25)21(26)23-17-8-9-20-18(13-17)24-22(27-20)15-6-7-15/h2-5,8-13,15H,6-7H2,1H3,(H,23,26). The minimum atomic E-state index is -0.145. The van der Waals surface area contributed by atoms with E-state index in [4.69, 9.17) is 4.42 Å². The molecule has 1 fully saturated rings. The first kappa shape index (κ1) is 15.9. The normalized spacial score (nSPS) is 13.8. The second kappa shape index (κ2) is 6.13. The van der Waals surface area contributed by atoms with E-state index in [2.05, 4.69) is 10.3 Å². The van der Waals surface area contributed by atoms with Gasteiger partial charge in [-0.15, -0.1) is 0 Å². The minimum Gasteiger partial charge on any atom is -0.440 e. The molecule has 0 aliphatic heterocycles. The van der Waals surface area contributed by atoms with Crippen molar-refractivity contribution in [3.8, 4) is 5.69 Å². The summed E-state index contributed by atoms with van der Waals surface area (Å²) < 4.78 is 7.79. The molecule has 1 aliphatic rings. The van der Waals surface area contributed by atoms with Gasteiger partial charge in [0.25, 0.3) is 5.91 Å². The molecule has 4 aromatic rings. The van der Waals surface area contributed by atoms with Crippen molar-refractivity contribution in [2.75, 3.05) is 5.32 Å². The summed E-state index contributed by atoms with van der Waals surface area (Å²) in [5, 5.41) is 2.97. The van der Waals surface area contributed by atoms with Crippen LogP contribution in [0, 0.1) is 6.92 Å². The first-order valence-electron chi connectivity index (χ1n) is 9.13. The lowest BCUT2D eigenvalue weighted by molar-refractivity contribution is 0.102. The van der Waals surface area contributed by atoms with Crippen molar-refractivity contribution in [1.82, 2.24) is 9.55 Å². The summed E-state index contributed by atoms with van der Waals surface area (Å²) >= 11 is 0. The summed E-state index contributed by atoms with van der Waals surface area (Å²) in [5.74, 6) is 1.13. The van der Waals surface area contributed by atoms with E-state index in [9.17, 15) is 4.79 Å². The van der Waals surface area contributed by atoms with Gasteiger partial charge in [-0.05, 0) is 67.8 Å². The number of oxazole rings is 1. The van der Waals surface area contributed by atoms with Crippen LogP contribution >= 0.6 is 0 Å². The predicted octanol–water partition coefficient (Wildman–Crippen LogP) is 5.06. The van der Waals surface area contributed by atoms with E-state index in [-0.39, 0.29) is 5.91 Å². The highest BCUT2D eigenvalue weighted by atomic mass is 16.3. The van der Waals surface area contributed by atoms with E-state index < -0.39 is 0 Å². The third-order valence-corrected chi connectivity index (χ3v) is 4.94. The fourth-order valence-corrected chi connectivity index (χ4v) is 3.26. The van der Waals surface area contributed by atoms with Gasteiger partial charge < -0.3 is 14.3 Å². The van der Waals surface area contributed by atoms with Gasteiger partial charge in [0.05, 0.1) is 0 Å². The Hall–Kier alpha value is -3.34. The Morgan fingerprint density at radius 1 is 1.15 bits per heavy atom. The highest BCUT2D eigenvalue weighted by Gasteiger charge is 2.28. The molecule has 0 unspecified atom stereocenters. The van der Waals surface area contributed by atoms with Gasteiger partial charge in [0.2, 0.25) is 0 Å². The van der Waals surface area contributed by atoms with Crippen LogP contribution in [0.5, 0.6) is 0 Å². The highest BCUT2D eigenvalue weighted by Crippen LogP contribution is 2.40. The summed E-state index contributed by atoms with van der Waals surface area (Å²) in [6.45, 7) is 2.03. The van der Waals surface area contributed by atoms with Crippen molar-refractivity contribution >= 4 is 22.7 Å². The average molecular weight is 357 g/mol. The van der Waals surface area contributed by atoms with Crippen LogP contribution in [0.2, 0.25) is 0 Å². The Bertz CT molecular complexity index is 1140. The van der Waals surface area contributed by atoms with Crippen molar-refractivity contribution in [3.05, 3.63) is 77.9 Å². The molecule has 0 saturated heterocycles. The number of aromatic nitrogens is 2. The molecule has 0 spiro atoms. The van der Waals surface area contributed by atoms with Crippen LogP contribution < -0.4 is 5.32 Å². The maximum Gasteiger partial charge on any atom is 0.255 e. The van der Waals surface area contributed by atoms with Crippen LogP contribution in [0.1, 0.15) is 40.6 Å². The first-order chi connectivity index (χ1) is 13.2. The van der Waals surface area contributed by atoms with Crippen LogP contribution in [0.4, 0.5) is 5.69 Å². The van der Waals surface area contributed by atoms with Gasteiger partial charge in [0, 0.05) is 35.2 Å². The molecule has 2 aromatic heterocycles. The smallest absolute Gasteiger partial charge is 0.255 e. The molecule has 2 aromatic carbocycles. The number of nitrogens with zero attached hydrogens (tertiary/aromatic N) is 2. The van der Waals surface area contributed by atoms with E-state index in [0.717, 1.165) is 41.1 Å². The van der Waals surface area contributed by atoms with Gasteiger partial charge >= 0.3 is 0 Å². The molecule has 5 heteroatoms. The van der Waals surface area contributed by atoms with Gasteiger partial charge in [0.1, 0.15) is 5.52 Å². The zero-order valence-electron chi connectivity index (χ0n) is 15.0. The molecule has 0 radical (unpaired) electrons. The number of carbonyl (C=O) groups excluding carboxylic acids is 1. The summed E-state index contributed by atoms with van der Waals surface area (Å²) in [5.41, 5.74) is 4.98. The number of amides is 1. The molecular formula is C22H19N3O2. The van der Waals surface area contributed by atoms with Crippen LogP contribution in [0.15, 0.2) is 65.3 Å². The molecule has 1 amide bonds. The molecule has 5 rings (SSSR count). The number of anilines is 1. The lowest BCUT2D eigenvalue weighted by Crippen LogP contribution is -2.12. The zero-order valence-corrected chi connectivity index (χ0v) is 15.0. The molecule has 1 N–H and O–H groups in total. The molecule has 1 saturated carbocycles. The van der Waals surface area contributed by atoms with Gasteiger partial charge in [-0.1, -0.05) is 6.07 Å². The molecule has 134 valence electrons. The summed E-state index contributed by atoms with van der Waals surface area (Å²) in [6.07, 6.45) is 6.24. The van der Waals surface area contributed by atoms with Gasteiger partial charge in [-0.3, -0.25) is 4.79 Å². The number of carbonyl (C=O) groups is 1. The fraction of sp³-hybridized carbons (Fsp3) is 0.182. The van der Waals surface area contributed by atoms with Crippen LogP contribution in [0.25, 0.3) is 16.8 Å². The number of aryl methyl sites for hydroxylation is 1. The van der Waals surface area contributed by atoms with Crippen LogP contribution in [-0.2, 0) is 0 Å². The second-order valence-electron chi connectivity index (χ2n) is 7.05. The largest absolute Gasteiger partial charge is 0.440 e. The molecule has 2 heterocycles. The summed E-state index contributed by atoms with van der Waals surface area (Å²) in [6, 6.07) is 15.2. The number of nitrogens with one attached hydrogen (secondary N) is 1. The van der Waals surface area contributed by atoms with Crippen molar-refractivity contribution in [2.24, 2.45) is 0 Å². The maximum absolute atomic E-state index is 12.7. The molecule has 1 aliphatic carbocycles. The van der Waals surface area contributed by atoms with E-state index in [0.29, 0.717) is 17.2 Å². The average Bonchev–Trinajstić information content (AvgIpc) is 3.21. The van der Waals surface area contributed by atoms with Crippen molar-refractivity contribution in [1.29, 1.82) is 0 Å². The number of fused-ring (bicyclic) bond motifs is 1. The molecular weight excluding hydrogens is 338 g/mol. The monoisotopic (exact) mass is 357 g/mol. The van der Waals surface area contributed by atoms with E-state index in [1.807, 2.05) is 72.4 Å². The highest BCUT2D eigenvalue weighted by molar-refractivity contribution is 6.05. The fourth-order valence-electron chi connectivity index (χ4n) is 3.26. The Morgan fingerprint density at radius 3 is 2.74 bits per heavy atom. The Labute approximate surface area is 156 Å². The molecule has 0 atom stereocenters. The number of rotatable bonds is 4. The van der Waals surface area contributed by atoms with E-state index >= 15 is 0 Å². The topological polar surface area (TPSA) is 60.1 Å². The van der Waals surface area contributed by atoms with Crippen molar-refractivity contribution in [3.63, 3.8) is 0 Å². The molecule has 27 heavy (non-hydrogen) atoms. The molecule has 5 nitrogen and oxygen atoms in total. The van der Waals surface area contributed by atoms with E-state index in [1.165, 1.54) is 0 Å². The minimum absolute atomic E-state index is 0.145. The summed E-state index contributed by atoms with van der Waals surface area (Å²) in [4.78, 5) is 17.3. The third-order valence-electron chi connectivity index (χ3n) is 4.94. The number of hydrogen-bond acceptors (Lipinski definition) is 3. The molecule has 0 bridgehead atoms. The van der Waals surface area contributed by atoms with Crippen LogP contribution in [0.3, 0.4) is 0 Å². The number of benzene rings is 2. The Kier molecular flexibility index (Phi) is 3.60. The van der Waals surface area contributed by atoms with Gasteiger partial charge in [0.15, 0.2) is 11.5 Å². The second-order valence-corrected chi connectivity index (χ2v) is 7.05. The third kappa shape index (κ3) is 3.01. The van der Waals surface area contributed by atoms with Crippen molar-refractivity contribution in [2.45, 2.75) is 25.7 Å². The SMILES string of the molecule is Cc1ccc(C(=O)Nc2ccc3oc(C4CC4)nc3c2)cc1-n1cccc1. The van der Waals surface area contributed by atoms with Crippen LogP contribution in [-0.4, -0.2) is 15.5 Å². The van der Waals surface area contributed by atoms with Crippen molar-refractivity contribution < 1.29 is 9.21 Å². The lowest BCUT2D eigenvalue weighted by atomic mass is 10.1. The Balaban J connectivity index is 1.41. The zero-order chi connectivity index (χ0) is 18.4. The lowest BCUT2D eigenvalue weighted by Gasteiger charge is -2.10. The Morgan fingerprint density at radius 2 is 1.96 bits per heavy atom. The summed E-state index contributed by atoms with van der Waals surface area (Å²) in [7, 11) is 0. The quantitative estimate of drug-likeness (QED) is 0.555.